The summed E-state index contributed by atoms with van der Waals surface area (Å²) in [4.78, 5) is 10.5. The van der Waals surface area contributed by atoms with Crippen LogP contribution in [-0.4, -0.2) is 11.1 Å². The molecule has 0 unspecified atom stereocenters. The van der Waals surface area contributed by atoms with Gasteiger partial charge in [0.15, 0.2) is 0 Å². The Labute approximate surface area is 76.2 Å². The van der Waals surface area contributed by atoms with Gasteiger partial charge < -0.3 is 10.8 Å². The lowest BCUT2D eigenvalue weighted by Gasteiger charge is -2.08. The zero-order valence-electron chi connectivity index (χ0n) is 7.16. The van der Waals surface area contributed by atoms with Gasteiger partial charge in [0, 0.05) is 5.54 Å². The molecule has 0 spiro atoms. The summed E-state index contributed by atoms with van der Waals surface area (Å²) in [6.45, 7) is 0. The maximum Gasteiger partial charge on any atom is 0.335 e. The van der Waals surface area contributed by atoms with E-state index < -0.39 is 5.97 Å². The summed E-state index contributed by atoms with van der Waals surface area (Å²) in [5.41, 5.74) is 7.13. The van der Waals surface area contributed by atoms with Crippen LogP contribution in [0.25, 0.3) is 0 Å². The van der Waals surface area contributed by atoms with Crippen molar-refractivity contribution in [2.75, 3.05) is 0 Å². The van der Waals surface area contributed by atoms with E-state index in [1.165, 1.54) is 0 Å². The van der Waals surface area contributed by atoms with Gasteiger partial charge in [0.2, 0.25) is 0 Å². The Morgan fingerprint density at radius 1 is 1.31 bits per heavy atom. The van der Waals surface area contributed by atoms with E-state index in [0.717, 1.165) is 18.4 Å². The summed E-state index contributed by atoms with van der Waals surface area (Å²) < 4.78 is 0. The number of nitrogens with two attached hydrogens (primary N) is 1. The van der Waals surface area contributed by atoms with Crippen LogP contribution >= 0.6 is 0 Å². The van der Waals surface area contributed by atoms with Crippen molar-refractivity contribution in [1.82, 2.24) is 0 Å². The van der Waals surface area contributed by atoms with Crippen LogP contribution in [0.3, 0.4) is 0 Å². The number of carbonyl (C=O) groups is 1. The molecule has 1 aromatic rings. The highest BCUT2D eigenvalue weighted by molar-refractivity contribution is 5.87. The predicted octanol–water partition coefficient (Wildman–Crippen LogP) is 1.33. The van der Waals surface area contributed by atoms with Crippen LogP contribution in [0, 0.1) is 0 Å². The number of carboxylic acids is 1. The minimum absolute atomic E-state index is 0.170. The average Bonchev–Trinajstić information content (AvgIpc) is 2.85. The van der Waals surface area contributed by atoms with Crippen LogP contribution in [-0.2, 0) is 5.54 Å². The minimum Gasteiger partial charge on any atom is -0.478 e. The molecule has 13 heavy (non-hydrogen) atoms. The van der Waals surface area contributed by atoms with Gasteiger partial charge in [-0.3, -0.25) is 0 Å². The monoisotopic (exact) mass is 177 g/mol. The number of benzene rings is 1. The fraction of sp³-hybridized carbons (Fsp3) is 0.300. The Hall–Kier alpha value is -1.35. The lowest BCUT2D eigenvalue weighted by Crippen LogP contribution is -2.18. The number of rotatable bonds is 2. The summed E-state index contributed by atoms with van der Waals surface area (Å²) in [5, 5.41) is 8.66. The summed E-state index contributed by atoms with van der Waals surface area (Å²) in [6.07, 6.45) is 2.00. The highest BCUT2D eigenvalue weighted by Gasteiger charge is 2.39. The Morgan fingerprint density at radius 2 is 1.85 bits per heavy atom. The van der Waals surface area contributed by atoms with Gasteiger partial charge in [0.1, 0.15) is 0 Å². The van der Waals surface area contributed by atoms with Crippen molar-refractivity contribution in [3.63, 3.8) is 0 Å². The van der Waals surface area contributed by atoms with Gasteiger partial charge in [-0.25, -0.2) is 4.79 Å². The molecule has 0 bridgehead atoms. The molecule has 0 saturated heterocycles. The van der Waals surface area contributed by atoms with Crippen LogP contribution in [0.4, 0.5) is 0 Å². The zero-order chi connectivity index (χ0) is 9.47. The van der Waals surface area contributed by atoms with E-state index in [1.54, 1.807) is 24.3 Å². The number of aromatic carboxylic acids is 1. The third-order valence-corrected chi connectivity index (χ3v) is 2.50. The molecule has 0 atom stereocenters. The van der Waals surface area contributed by atoms with Gasteiger partial charge in [-0.15, -0.1) is 0 Å². The van der Waals surface area contributed by atoms with Crippen LogP contribution in [0.1, 0.15) is 28.8 Å². The van der Waals surface area contributed by atoms with Gasteiger partial charge in [0.25, 0.3) is 0 Å². The summed E-state index contributed by atoms with van der Waals surface area (Å²) in [6, 6.07) is 6.81. The fourth-order valence-electron chi connectivity index (χ4n) is 1.37. The van der Waals surface area contributed by atoms with Crippen LogP contribution in [0.15, 0.2) is 24.3 Å². The first-order chi connectivity index (χ1) is 6.12. The molecule has 2 rings (SSSR count). The quantitative estimate of drug-likeness (QED) is 0.716. The maximum atomic E-state index is 10.5. The predicted molar refractivity (Wildman–Crippen MR) is 48.5 cm³/mol. The minimum atomic E-state index is -0.895. The second kappa shape index (κ2) is 2.57. The first-order valence-corrected chi connectivity index (χ1v) is 4.24. The Kier molecular flexibility index (Phi) is 1.63. The molecular formula is C10H11NO2. The highest BCUT2D eigenvalue weighted by atomic mass is 16.4. The molecule has 3 heteroatoms. The van der Waals surface area contributed by atoms with Gasteiger partial charge in [-0.2, -0.15) is 0 Å². The number of hydrogen-bond acceptors (Lipinski definition) is 2. The van der Waals surface area contributed by atoms with Crippen LogP contribution in [0.5, 0.6) is 0 Å². The molecule has 0 aromatic heterocycles. The second-order valence-corrected chi connectivity index (χ2v) is 3.54. The van der Waals surface area contributed by atoms with Gasteiger partial charge in [-0.05, 0) is 30.5 Å². The van der Waals surface area contributed by atoms with Crippen molar-refractivity contribution in [2.45, 2.75) is 18.4 Å². The lowest BCUT2D eigenvalue weighted by atomic mass is 10.0. The van der Waals surface area contributed by atoms with Gasteiger partial charge in [-0.1, -0.05) is 12.1 Å². The Morgan fingerprint density at radius 3 is 2.23 bits per heavy atom. The molecule has 0 amide bonds. The van der Waals surface area contributed by atoms with E-state index in [0.29, 0.717) is 5.56 Å². The molecule has 1 saturated carbocycles. The average molecular weight is 177 g/mol. The molecule has 0 radical (unpaired) electrons. The lowest BCUT2D eigenvalue weighted by molar-refractivity contribution is 0.0697. The van der Waals surface area contributed by atoms with Crippen molar-refractivity contribution >= 4 is 5.97 Å². The van der Waals surface area contributed by atoms with Crippen molar-refractivity contribution in [1.29, 1.82) is 0 Å². The zero-order valence-corrected chi connectivity index (χ0v) is 7.16. The third-order valence-electron chi connectivity index (χ3n) is 2.50. The highest BCUT2D eigenvalue weighted by Crippen LogP contribution is 2.42. The molecule has 68 valence electrons. The third kappa shape index (κ3) is 1.42. The first kappa shape index (κ1) is 8.26. The SMILES string of the molecule is NC1(c2ccc(C(=O)O)cc2)CC1. The smallest absolute Gasteiger partial charge is 0.335 e. The summed E-state index contributed by atoms with van der Waals surface area (Å²) in [7, 11) is 0. The molecule has 1 aromatic carbocycles. The Bertz CT molecular complexity index is 338. The van der Waals surface area contributed by atoms with Gasteiger partial charge in [0.05, 0.1) is 5.56 Å². The van der Waals surface area contributed by atoms with E-state index in [-0.39, 0.29) is 5.54 Å². The molecule has 1 fully saturated rings. The standard InChI is InChI=1S/C10H11NO2/c11-10(5-6-10)8-3-1-7(2-4-8)9(12)13/h1-4H,5-6,11H2,(H,12,13). The van der Waals surface area contributed by atoms with Gasteiger partial charge >= 0.3 is 5.97 Å². The number of carboxylic acid groups (broad SMARTS) is 1. The normalized spacial score (nSPS) is 18.2. The largest absolute Gasteiger partial charge is 0.478 e. The molecular weight excluding hydrogens is 166 g/mol. The van der Waals surface area contributed by atoms with E-state index in [4.69, 9.17) is 10.8 Å². The second-order valence-electron chi connectivity index (χ2n) is 3.54. The molecule has 0 heterocycles. The van der Waals surface area contributed by atoms with Crippen molar-refractivity contribution in [3.05, 3.63) is 35.4 Å². The molecule has 1 aliphatic rings. The maximum absolute atomic E-state index is 10.5. The van der Waals surface area contributed by atoms with Crippen molar-refractivity contribution in [3.8, 4) is 0 Å². The van der Waals surface area contributed by atoms with E-state index in [1.807, 2.05) is 0 Å². The first-order valence-electron chi connectivity index (χ1n) is 4.24. The Balaban J connectivity index is 2.28. The summed E-state index contributed by atoms with van der Waals surface area (Å²) in [5.74, 6) is -0.895. The summed E-state index contributed by atoms with van der Waals surface area (Å²) >= 11 is 0. The molecule has 0 aliphatic heterocycles. The van der Waals surface area contributed by atoms with E-state index >= 15 is 0 Å². The molecule has 1 aliphatic carbocycles. The fourth-order valence-corrected chi connectivity index (χ4v) is 1.37. The van der Waals surface area contributed by atoms with Crippen LogP contribution < -0.4 is 5.73 Å². The molecule has 3 N–H and O–H groups in total. The van der Waals surface area contributed by atoms with E-state index in [9.17, 15) is 4.79 Å². The van der Waals surface area contributed by atoms with Crippen LogP contribution in [0.2, 0.25) is 0 Å². The topological polar surface area (TPSA) is 63.3 Å². The van der Waals surface area contributed by atoms with Crippen molar-refractivity contribution < 1.29 is 9.90 Å². The van der Waals surface area contributed by atoms with E-state index in [2.05, 4.69) is 0 Å². The molecule has 3 nitrogen and oxygen atoms in total. The van der Waals surface area contributed by atoms with Crippen molar-refractivity contribution in [2.24, 2.45) is 5.73 Å². The number of hydrogen-bond donors (Lipinski definition) is 2.